The summed E-state index contributed by atoms with van der Waals surface area (Å²) in [6.45, 7) is 7.53. The van der Waals surface area contributed by atoms with E-state index >= 15 is 0 Å². The third-order valence-corrected chi connectivity index (χ3v) is 3.11. The van der Waals surface area contributed by atoms with Gasteiger partial charge in [0.1, 0.15) is 5.82 Å². The molecule has 1 aromatic heterocycles. The smallest absolute Gasteiger partial charge is 0.195 e. The molecule has 0 aliphatic carbocycles. The van der Waals surface area contributed by atoms with Crippen LogP contribution in [0.3, 0.4) is 0 Å². The van der Waals surface area contributed by atoms with Gasteiger partial charge in [0.15, 0.2) is 4.77 Å². The van der Waals surface area contributed by atoms with E-state index in [-0.39, 0.29) is 0 Å². The minimum Gasteiger partial charge on any atom is -0.391 e. The lowest BCUT2D eigenvalue weighted by Gasteiger charge is -2.11. The zero-order valence-corrected chi connectivity index (χ0v) is 12.3. The number of rotatable bonds is 10. The topological polar surface area (TPSA) is 63.1 Å². The maximum absolute atomic E-state index is 9.82. The Balaban J connectivity index is 2.35. The summed E-state index contributed by atoms with van der Waals surface area (Å²) in [7, 11) is 0. The van der Waals surface area contributed by atoms with Gasteiger partial charge in [-0.05, 0) is 25.1 Å². The van der Waals surface area contributed by atoms with E-state index in [1.165, 1.54) is 0 Å². The summed E-state index contributed by atoms with van der Waals surface area (Å²) in [6.07, 6.45) is 4.73. The molecule has 0 bridgehead atoms. The van der Waals surface area contributed by atoms with Crippen LogP contribution in [0.5, 0.6) is 0 Å². The van der Waals surface area contributed by atoms with Gasteiger partial charge in [0.05, 0.1) is 12.7 Å². The van der Waals surface area contributed by atoms with Crippen molar-refractivity contribution in [1.82, 2.24) is 14.8 Å². The number of aromatic amines is 1. The van der Waals surface area contributed by atoms with E-state index < -0.39 is 6.10 Å². The summed E-state index contributed by atoms with van der Waals surface area (Å²) < 4.78 is 7.85. The van der Waals surface area contributed by atoms with Crippen molar-refractivity contribution in [2.75, 3.05) is 13.2 Å². The molecule has 1 rings (SSSR count). The second-order valence-electron chi connectivity index (χ2n) is 4.47. The first-order valence-electron chi connectivity index (χ1n) is 6.69. The molecule has 0 fully saturated rings. The number of unbranched alkanes of at least 4 members (excludes halogenated alkanes) is 1. The van der Waals surface area contributed by atoms with Crippen LogP contribution in [0.4, 0.5) is 0 Å². The minimum absolute atomic E-state index is 0.382. The zero-order valence-electron chi connectivity index (χ0n) is 11.5. The molecule has 0 aliphatic rings. The summed E-state index contributed by atoms with van der Waals surface area (Å²) in [5.74, 6) is 0.845. The molecule has 5 nitrogen and oxygen atoms in total. The maximum atomic E-state index is 9.82. The normalized spacial score (nSPS) is 12.5. The highest BCUT2D eigenvalue weighted by Gasteiger charge is 2.09. The van der Waals surface area contributed by atoms with Crippen molar-refractivity contribution in [2.45, 2.75) is 45.3 Å². The molecule has 0 unspecified atom stereocenters. The fourth-order valence-electron chi connectivity index (χ4n) is 1.70. The van der Waals surface area contributed by atoms with Crippen molar-refractivity contribution in [3.8, 4) is 0 Å². The average molecular weight is 285 g/mol. The van der Waals surface area contributed by atoms with Gasteiger partial charge in [-0.3, -0.25) is 5.10 Å². The van der Waals surface area contributed by atoms with Gasteiger partial charge in [-0.2, -0.15) is 5.10 Å². The van der Waals surface area contributed by atoms with Crippen molar-refractivity contribution in [2.24, 2.45) is 0 Å². The lowest BCUT2D eigenvalue weighted by atomic mass is 10.2. The van der Waals surface area contributed by atoms with Crippen molar-refractivity contribution in [3.63, 3.8) is 0 Å². The Morgan fingerprint density at radius 1 is 1.63 bits per heavy atom. The fourth-order valence-corrected chi connectivity index (χ4v) is 1.93. The first-order valence-corrected chi connectivity index (χ1v) is 7.10. The summed E-state index contributed by atoms with van der Waals surface area (Å²) in [5, 5.41) is 16.7. The Kier molecular flexibility index (Phi) is 7.62. The molecule has 108 valence electrons. The number of hydrogen-bond acceptors (Lipinski definition) is 4. The van der Waals surface area contributed by atoms with Gasteiger partial charge < -0.3 is 14.4 Å². The Morgan fingerprint density at radius 3 is 3.11 bits per heavy atom. The molecule has 0 amide bonds. The van der Waals surface area contributed by atoms with Crippen LogP contribution < -0.4 is 0 Å². The van der Waals surface area contributed by atoms with Crippen LogP contribution in [0.15, 0.2) is 12.7 Å². The predicted octanol–water partition coefficient (Wildman–Crippen LogP) is 2.24. The van der Waals surface area contributed by atoms with Crippen molar-refractivity contribution < 1.29 is 9.84 Å². The highest BCUT2D eigenvalue weighted by Crippen LogP contribution is 2.05. The molecule has 1 aromatic rings. The molecular weight excluding hydrogens is 262 g/mol. The molecule has 2 N–H and O–H groups in total. The largest absolute Gasteiger partial charge is 0.391 e. The standard InChI is InChI=1S/C13H23N3O2S/c1-3-5-9-18-10-11(17)6-7-12-14-15-13(19)16(12)8-4-2/h4,11,17H,2-3,5-10H2,1H3,(H,15,19)/t11-/m0/s1. The summed E-state index contributed by atoms with van der Waals surface area (Å²) >= 11 is 5.13. The number of allylic oxidation sites excluding steroid dienone is 1. The number of ether oxygens (including phenoxy) is 1. The van der Waals surface area contributed by atoms with E-state index in [0.717, 1.165) is 18.7 Å². The van der Waals surface area contributed by atoms with Crippen molar-refractivity contribution in [3.05, 3.63) is 23.3 Å². The number of H-pyrrole nitrogens is 1. The summed E-state index contributed by atoms with van der Waals surface area (Å²) in [5.41, 5.74) is 0. The van der Waals surface area contributed by atoms with Gasteiger partial charge in [0.2, 0.25) is 0 Å². The second-order valence-corrected chi connectivity index (χ2v) is 4.85. The van der Waals surface area contributed by atoms with Crippen LogP contribution in [-0.2, 0) is 17.7 Å². The van der Waals surface area contributed by atoms with Crippen LogP contribution in [0.1, 0.15) is 32.0 Å². The van der Waals surface area contributed by atoms with E-state index in [4.69, 9.17) is 17.0 Å². The van der Waals surface area contributed by atoms with E-state index in [0.29, 0.717) is 37.4 Å². The number of aliphatic hydroxyl groups is 1. The van der Waals surface area contributed by atoms with E-state index in [9.17, 15) is 5.11 Å². The molecule has 0 spiro atoms. The third-order valence-electron chi connectivity index (χ3n) is 2.80. The quantitative estimate of drug-likeness (QED) is 0.393. The van der Waals surface area contributed by atoms with Crippen molar-refractivity contribution in [1.29, 1.82) is 0 Å². The van der Waals surface area contributed by atoms with Crippen LogP contribution in [0, 0.1) is 4.77 Å². The molecule has 0 aliphatic heterocycles. The lowest BCUT2D eigenvalue weighted by molar-refractivity contribution is 0.0313. The van der Waals surface area contributed by atoms with E-state index in [1.54, 1.807) is 6.08 Å². The number of hydrogen-bond donors (Lipinski definition) is 2. The first kappa shape index (κ1) is 16.1. The van der Waals surface area contributed by atoms with Crippen LogP contribution in [0.25, 0.3) is 0 Å². The summed E-state index contributed by atoms with van der Waals surface area (Å²) in [6, 6.07) is 0. The fraction of sp³-hybridized carbons (Fsp3) is 0.692. The highest BCUT2D eigenvalue weighted by molar-refractivity contribution is 7.71. The van der Waals surface area contributed by atoms with Gasteiger partial charge in [-0.1, -0.05) is 19.4 Å². The molecule has 0 radical (unpaired) electrons. The lowest BCUT2D eigenvalue weighted by Crippen LogP contribution is -2.17. The van der Waals surface area contributed by atoms with E-state index in [2.05, 4.69) is 23.7 Å². The van der Waals surface area contributed by atoms with Crippen LogP contribution >= 0.6 is 12.2 Å². The summed E-state index contributed by atoms with van der Waals surface area (Å²) in [4.78, 5) is 0. The maximum Gasteiger partial charge on any atom is 0.195 e. The second kappa shape index (κ2) is 9.01. The Morgan fingerprint density at radius 2 is 2.42 bits per heavy atom. The predicted molar refractivity (Wildman–Crippen MR) is 77.7 cm³/mol. The molecule has 1 atom stereocenters. The molecule has 19 heavy (non-hydrogen) atoms. The monoisotopic (exact) mass is 285 g/mol. The number of aryl methyl sites for hydroxylation is 1. The average Bonchev–Trinajstić information content (AvgIpc) is 2.74. The molecule has 0 saturated heterocycles. The van der Waals surface area contributed by atoms with Gasteiger partial charge >= 0.3 is 0 Å². The van der Waals surface area contributed by atoms with Gasteiger partial charge in [-0.15, -0.1) is 6.58 Å². The Hall–Kier alpha value is -0.980. The van der Waals surface area contributed by atoms with Crippen LogP contribution in [-0.4, -0.2) is 39.2 Å². The van der Waals surface area contributed by atoms with E-state index in [1.807, 2.05) is 4.57 Å². The number of nitrogens with one attached hydrogen (secondary N) is 1. The minimum atomic E-state index is -0.459. The molecule has 0 saturated carbocycles. The highest BCUT2D eigenvalue weighted by atomic mass is 32.1. The van der Waals surface area contributed by atoms with Gasteiger partial charge in [-0.25, -0.2) is 0 Å². The molecular formula is C13H23N3O2S. The van der Waals surface area contributed by atoms with Crippen LogP contribution in [0.2, 0.25) is 0 Å². The number of nitrogens with zero attached hydrogens (tertiary/aromatic N) is 2. The molecule has 0 aromatic carbocycles. The van der Waals surface area contributed by atoms with Gasteiger partial charge in [0.25, 0.3) is 0 Å². The number of aliphatic hydroxyl groups excluding tert-OH is 1. The zero-order chi connectivity index (χ0) is 14.1. The molecule has 6 heteroatoms. The first-order chi connectivity index (χ1) is 9.19. The third kappa shape index (κ3) is 5.67. The van der Waals surface area contributed by atoms with Crippen molar-refractivity contribution >= 4 is 12.2 Å². The SMILES string of the molecule is C=CCn1c(CC[C@H](O)COCCCC)n[nH]c1=S. The Labute approximate surface area is 119 Å². The number of aromatic nitrogens is 3. The van der Waals surface area contributed by atoms with Gasteiger partial charge in [0, 0.05) is 19.6 Å². The Bertz CT molecular complexity index is 428. The molecule has 1 heterocycles.